The summed E-state index contributed by atoms with van der Waals surface area (Å²) < 4.78 is 5.30. The van der Waals surface area contributed by atoms with Crippen molar-refractivity contribution in [2.75, 3.05) is 23.9 Å². The van der Waals surface area contributed by atoms with Gasteiger partial charge < -0.3 is 15.0 Å². The van der Waals surface area contributed by atoms with Crippen LogP contribution in [0.4, 0.5) is 11.4 Å². The van der Waals surface area contributed by atoms with Gasteiger partial charge in [-0.05, 0) is 49.1 Å². The van der Waals surface area contributed by atoms with Gasteiger partial charge in [0.2, 0.25) is 11.8 Å². The summed E-state index contributed by atoms with van der Waals surface area (Å²) >= 11 is 0. The SMILES string of the molecule is CCc1cccc(C)c1N(CCC(=O)Nc1cc(C)ccc1OC)C(C)=O. The van der Waals surface area contributed by atoms with E-state index in [4.69, 9.17) is 4.74 Å². The molecule has 0 aliphatic heterocycles. The Bertz CT molecular complexity index is 830. The molecule has 0 fully saturated rings. The lowest BCUT2D eigenvalue weighted by Gasteiger charge is -2.25. The van der Waals surface area contributed by atoms with Gasteiger partial charge in [-0.3, -0.25) is 9.59 Å². The third kappa shape index (κ3) is 5.09. The van der Waals surface area contributed by atoms with Crippen molar-refractivity contribution in [3.8, 4) is 5.75 Å². The van der Waals surface area contributed by atoms with Crippen LogP contribution in [0.25, 0.3) is 0 Å². The van der Waals surface area contributed by atoms with Crippen LogP contribution in [0.5, 0.6) is 5.75 Å². The molecular weight excluding hydrogens is 340 g/mol. The lowest BCUT2D eigenvalue weighted by atomic mass is 10.0. The summed E-state index contributed by atoms with van der Waals surface area (Å²) in [6, 6.07) is 11.6. The smallest absolute Gasteiger partial charge is 0.226 e. The van der Waals surface area contributed by atoms with Crippen LogP contribution in [0.3, 0.4) is 0 Å². The molecule has 2 amide bonds. The predicted molar refractivity (Wildman–Crippen MR) is 110 cm³/mol. The maximum atomic E-state index is 12.5. The van der Waals surface area contributed by atoms with E-state index < -0.39 is 0 Å². The zero-order valence-corrected chi connectivity index (χ0v) is 16.8. The second-order valence-electron chi connectivity index (χ2n) is 6.61. The summed E-state index contributed by atoms with van der Waals surface area (Å²) in [5.41, 5.74) is 4.72. The van der Waals surface area contributed by atoms with Crippen LogP contribution in [0, 0.1) is 13.8 Å². The van der Waals surface area contributed by atoms with Crippen molar-refractivity contribution in [3.63, 3.8) is 0 Å². The lowest BCUT2D eigenvalue weighted by Crippen LogP contribution is -2.33. The van der Waals surface area contributed by atoms with Crippen molar-refractivity contribution in [2.24, 2.45) is 0 Å². The quantitative estimate of drug-likeness (QED) is 0.794. The predicted octanol–water partition coefficient (Wildman–Crippen LogP) is 4.26. The minimum absolute atomic E-state index is 0.0695. The zero-order valence-electron chi connectivity index (χ0n) is 16.8. The van der Waals surface area contributed by atoms with Crippen LogP contribution in [0.2, 0.25) is 0 Å². The number of aryl methyl sites for hydroxylation is 3. The van der Waals surface area contributed by atoms with Crippen LogP contribution in [0.1, 0.15) is 37.0 Å². The molecule has 0 radical (unpaired) electrons. The van der Waals surface area contributed by atoms with Crippen molar-refractivity contribution in [1.29, 1.82) is 0 Å². The number of carbonyl (C=O) groups excluding carboxylic acids is 2. The Morgan fingerprint density at radius 2 is 1.89 bits per heavy atom. The van der Waals surface area contributed by atoms with Crippen molar-refractivity contribution in [3.05, 3.63) is 53.1 Å². The number of rotatable bonds is 7. The summed E-state index contributed by atoms with van der Waals surface area (Å²) in [5.74, 6) is 0.390. The molecule has 0 saturated heterocycles. The van der Waals surface area contributed by atoms with Crippen molar-refractivity contribution in [2.45, 2.75) is 40.5 Å². The van der Waals surface area contributed by atoms with Crippen LogP contribution in [0.15, 0.2) is 36.4 Å². The topological polar surface area (TPSA) is 58.6 Å². The Morgan fingerprint density at radius 3 is 2.52 bits per heavy atom. The van der Waals surface area contributed by atoms with Gasteiger partial charge in [-0.25, -0.2) is 0 Å². The Labute approximate surface area is 161 Å². The third-order valence-corrected chi connectivity index (χ3v) is 4.54. The fourth-order valence-corrected chi connectivity index (χ4v) is 3.16. The third-order valence-electron chi connectivity index (χ3n) is 4.54. The number of methoxy groups -OCH3 is 1. The Kier molecular flexibility index (Phi) is 6.99. The molecule has 5 heteroatoms. The number of nitrogens with zero attached hydrogens (tertiary/aromatic N) is 1. The molecule has 2 aromatic rings. The van der Waals surface area contributed by atoms with Gasteiger partial charge in [-0.15, -0.1) is 0 Å². The van der Waals surface area contributed by atoms with E-state index in [0.717, 1.165) is 28.8 Å². The van der Waals surface area contributed by atoms with E-state index in [0.29, 0.717) is 18.0 Å². The van der Waals surface area contributed by atoms with Gasteiger partial charge >= 0.3 is 0 Å². The number of anilines is 2. The number of amides is 2. The largest absolute Gasteiger partial charge is 0.495 e. The van der Waals surface area contributed by atoms with Gasteiger partial charge in [0.1, 0.15) is 5.75 Å². The molecule has 0 heterocycles. The maximum Gasteiger partial charge on any atom is 0.226 e. The van der Waals surface area contributed by atoms with Crippen LogP contribution >= 0.6 is 0 Å². The highest BCUT2D eigenvalue weighted by molar-refractivity contribution is 5.96. The average molecular weight is 368 g/mol. The standard InChI is InChI=1S/C22H28N2O3/c1-6-18-9-7-8-16(3)22(18)24(17(4)25)13-12-21(26)23-19-14-15(2)10-11-20(19)27-5/h7-11,14H,6,12-13H2,1-5H3,(H,23,26). The van der Waals surface area contributed by atoms with Crippen molar-refractivity contribution >= 4 is 23.2 Å². The first-order chi connectivity index (χ1) is 12.9. The van der Waals surface area contributed by atoms with E-state index in [1.165, 1.54) is 6.92 Å². The molecule has 0 aromatic heterocycles. The second kappa shape index (κ2) is 9.21. The minimum Gasteiger partial charge on any atom is -0.495 e. The average Bonchev–Trinajstić information content (AvgIpc) is 2.62. The molecule has 27 heavy (non-hydrogen) atoms. The van der Waals surface area contributed by atoms with Crippen molar-refractivity contribution < 1.29 is 14.3 Å². The van der Waals surface area contributed by atoms with Gasteiger partial charge in [0, 0.05) is 25.6 Å². The highest BCUT2D eigenvalue weighted by Gasteiger charge is 2.18. The molecule has 5 nitrogen and oxygen atoms in total. The van der Waals surface area contributed by atoms with Crippen LogP contribution in [-0.4, -0.2) is 25.5 Å². The Balaban J connectivity index is 2.15. The first-order valence-electron chi connectivity index (χ1n) is 9.18. The van der Waals surface area contributed by atoms with Crippen LogP contribution in [-0.2, 0) is 16.0 Å². The zero-order chi connectivity index (χ0) is 20.0. The molecule has 0 spiro atoms. The van der Waals surface area contributed by atoms with Gasteiger partial charge in [-0.1, -0.05) is 31.2 Å². The first kappa shape index (κ1) is 20.5. The summed E-state index contributed by atoms with van der Waals surface area (Å²) in [7, 11) is 1.57. The van der Waals surface area contributed by atoms with Gasteiger partial charge in [0.25, 0.3) is 0 Å². The van der Waals surface area contributed by atoms with Crippen molar-refractivity contribution in [1.82, 2.24) is 0 Å². The molecule has 1 N–H and O–H groups in total. The molecular formula is C22H28N2O3. The summed E-state index contributed by atoms with van der Waals surface area (Å²) in [6.45, 7) is 7.87. The number of benzene rings is 2. The van der Waals surface area contributed by atoms with Gasteiger partial charge in [0.05, 0.1) is 12.8 Å². The number of ether oxygens (including phenoxy) is 1. The normalized spacial score (nSPS) is 10.4. The van der Waals surface area contributed by atoms with Crippen LogP contribution < -0.4 is 15.0 Å². The Hall–Kier alpha value is -2.82. The van der Waals surface area contributed by atoms with E-state index in [1.807, 2.05) is 50.2 Å². The molecule has 2 rings (SSSR count). The van der Waals surface area contributed by atoms with Gasteiger partial charge in [0.15, 0.2) is 0 Å². The van der Waals surface area contributed by atoms with E-state index in [2.05, 4.69) is 12.2 Å². The molecule has 144 valence electrons. The Morgan fingerprint density at radius 1 is 1.15 bits per heavy atom. The molecule has 2 aromatic carbocycles. The number of para-hydroxylation sites is 1. The molecule has 0 unspecified atom stereocenters. The molecule has 0 aliphatic rings. The minimum atomic E-state index is -0.156. The van der Waals surface area contributed by atoms with Gasteiger partial charge in [-0.2, -0.15) is 0 Å². The fourth-order valence-electron chi connectivity index (χ4n) is 3.16. The van der Waals surface area contributed by atoms with E-state index >= 15 is 0 Å². The van der Waals surface area contributed by atoms with E-state index in [9.17, 15) is 9.59 Å². The number of carbonyl (C=O) groups is 2. The summed E-state index contributed by atoms with van der Waals surface area (Å²) in [6.07, 6.45) is 1.03. The lowest BCUT2D eigenvalue weighted by molar-refractivity contribution is -0.117. The number of hydrogen-bond acceptors (Lipinski definition) is 3. The second-order valence-corrected chi connectivity index (χ2v) is 6.61. The highest BCUT2D eigenvalue weighted by Crippen LogP contribution is 2.27. The molecule has 0 bridgehead atoms. The monoisotopic (exact) mass is 368 g/mol. The highest BCUT2D eigenvalue weighted by atomic mass is 16.5. The van der Waals surface area contributed by atoms with E-state index in [1.54, 1.807) is 12.0 Å². The van der Waals surface area contributed by atoms with E-state index in [-0.39, 0.29) is 18.2 Å². The molecule has 0 atom stereocenters. The summed E-state index contributed by atoms with van der Waals surface area (Å²) in [4.78, 5) is 26.4. The molecule has 0 saturated carbocycles. The first-order valence-corrected chi connectivity index (χ1v) is 9.18. The number of nitrogens with one attached hydrogen (secondary N) is 1. The number of hydrogen-bond donors (Lipinski definition) is 1. The summed E-state index contributed by atoms with van der Waals surface area (Å²) in [5, 5.41) is 2.89. The fraction of sp³-hybridized carbons (Fsp3) is 0.364. The maximum absolute atomic E-state index is 12.5. The molecule has 0 aliphatic carbocycles.